The van der Waals surface area contributed by atoms with Crippen LogP contribution in [0.1, 0.15) is 46.4 Å². The molecule has 0 unspecified atom stereocenters. The average Bonchev–Trinajstić information content (AvgIpc) is 2.90. The van der Waals surface area contributed by atoms with Crippen LogP contribution in [-0.2, 0) is 23.8 Å². The maximum Gasteiger partial charge on any atom is 0.348 e. The summed E-state index contributed by atoms with van der Waals surface area (Å²) in [4.78, 5) is 47.7. The summed E-state index contributed by atoms with van der Waals surface area (Å²) in [7, 11) is 0. The molecule has 0 fully saturated rings. The first-order valence-electron chi connectivity index (χ1n) is 7.92. The van der Waals surface area contributed by atoms with Crippen molar-refractivity contribution >= 4 is 40.2 Å². The van der Waals surface area contributed by atoms with Crippen LogP contribution in [0, 0.1) is 6.92 Å². The third kappa shape index (κ3) is 5.69. The normalized spacial score (nSPS) is 10.5. The van der Waals surface area contributed by atoms with Gasteiger partial charge in [0, 0.05) is 6.08 Å². The lowest BCUT2D eigenvalue weighted by Crippen LogP contribution is -2.21. The average molecular weight is 383 g/mol. The van der Waals surface area contributed by atoms with E-state index in [0.29, 0.717) is 5.56 Å². The zero-order valence-corrected chi connectivity index (χ0v) is 15.9. The fraction of sp³-hybridized carbons (Fsp3) is 0.412. The van der Waals surface area contributed by atoms with E-state index in [1.807, 2.05) is 0 Å². The van der Waals surface area contributed by atoms with Crippen LogP contribution in [0.2, 0.25) is 0 Å². The van der Waals surface area contributed by atoms with E-state index in [9.17, 15) is 19.2 Å². The maximum absolute atomic E-state index is 12.2. The second kappa shape index (κ2) is 10.3. The van der Waals surface area contributed by atoms with Crippen molar-refractivity contribution in [2.75, 3.05) is 25.1 Å². The van der Waals surface area contributed by atoms with Crippen LogP contribution in [0.4, 0.5) is 5.00 Å². The Hall–Kier alpha value is -2.68. The number of esters is 3. The van der Waals surface area contributed by atoms with Crippen LogP contribution in [0.3, 0.4) is 0 Å². The van der Waals surface area contributed by atoms with Gasteiger partial charge in [0.05, 0.1) is 18.8 Å². The molecule has 1 heterocycles. The van der Waals surface area contributed by atoms with Gasteiger partial charge in [-0.25, -0.2) is 14.4 Å². The van der Waals surface area contributed by atoms with Crippen molar-refractivity contribution in [3.8, 4) is 0 Å². The molecule has 0 aromatic carbocycles. The van der Waals surface area contributed by atoms with Gasteiger partial charge in [-0.2, -0.15) is 0 Å². The van der Waals surface area contributed by atoms with Crippen molar-refractivity contribution in [2.24, 2.45) is 0 Å². The monoisotopic (exact) mass is 383 g/mol. The number of hydrogen-bond donors (Lipinski definition) is 1. The Morgan fingerprint density at radius 3 is 2.23 bits per heavy atom. The molecule has 1 rings (SSSR count). The fourth-order valence-corrected chi connectivity index (χ4v) is 3.03. The number of anilines is 1. The summed E-state index contributed by atoms with van der Waals surface area (Å²) in [5.41, 5.74) is 0.432. The quantitative estimate of drug-likeness (QED) is 0.417. The SMILES string of the molecule is CC=CC(=O)OCC(=O)Nc1sc(C(=O)OCC)c(C)c1C(=O)OCC. The lowest BCUT2D eigenvalue weighted by atomic mass is 10.1. The molecule has 0 aliphatic carbocycles. The molecule has 0 aliphatic heterocycles. The van der Waals surface area contributed by atoms with Crippen LogP contribution in [-0.4, -0.2) is 43.6 Å². The van der Waals surface area contributed by atoms with Crippen molar-refractivity contribution in [2.45, 2.75) is 27.7 Å². The Kier molecular flexibility index (Phi) is 8.50. The summed E-state index contributed by atoms with van der Waals surface area (Å²) >= 11 is 0.899. The van der Waals surface area contributed by atoms with E-state index in [0.717, 1.165) is 11.3 Å². The summed E-state index contributed by atoms with van der Waals surface area (Å²) in [5, 5.41) is 2.61. The fourth-order valence-electron chi connectivity index (χ4n) is 1.93. The molecule has 1 N–H and O–H groups in total. The molecule has 9 heteroatoms. The van der Waals surface area contributed by atoms with Gasteiger partial charge in [-0.15, -0.1) is 11.3 Å². The van der Waals surface area contributed by atoms with Gasteiger partial charge in [0.25, 0.3) is 5.91 Å². The van der Waals surface area contributed by atoms with Crippen molar-refractivity contribution in [1.29, 1.82) is 0 Å². The molecular weight excluding hydrogens is 362 g/mol. The molecule has 0 atom stereocenters. The minimum Gasteiger partial charge on any atom is -0.462 e. The van der Waals surface area contributed by atoms with Gasteiger partial charge >= 0.3 is 17.9 Å². The van der Waals surface area contributed by atoms with E-state index in [4.69, 9.17) is 14.2 Å². The lowest BCUT2D eigenvalue weighted by Gasteiger charge is -2.07. The Morgan fingerprint density at radius 1 is 1.04 bits per heavy atom. The molecule has 0 radical (unpaired) electrons. The van der Waals surface area contributed by atoms with Crippen LogP contribution < -0.4 is 5.32 Å². The van der Waals surface area contributed by atoms with Crippen LogP contribution in [0.15, 0.2) is 12.2 Å². The van der Waals surface area contributed by atoms with Gasteiger partial charge in [0.15, 0.2) is 6.61 Å². The maximum atomic E-state index is 12.2. The Labute approximate surface area is 155 Å². The highest BCUT2D eigenvalue weighted by atomic mass is 32.1. The summed E-state index contributed by atoms with van der Waals surface area (Å²) in [6.45, 7) is 6.29. The minimum absolute atomic E-state index is 0.0769. The zero-order chi connectivity index (χ0) is 19.7. The number of rotatable bonds is 8. The van der Waals surface area contributed by atoms with Gasteiger partial charge in [0.2, 0.25) is 0 Å². The van der Waals surface area contributed by atoms with Gasteiger partial charge in [-0.3, -0.25) is 4.79 Å². The smallest absolute Gasteiger partial charge is 0.348 e. The largest absolute Gasteiger partial charge is 0.462 e. The summed E-state index contributed by atoms with van der Waals surface area (Å²) < 4.78 is 14.7. The van der Waals surface area contributed by atoms with Crippen molar-refractivity contribution in [3.63, 3.8) is 0 Å². The van der Waals surface area contributed by atoms with Crippen LogP contribution >= 0.6 is 11.3 Å². The molecule has 0 spiro atoms. The topological polar surface area (TPSA) is 108 Å². The van der Waals surface area contributed by atoms with Crippen LogP contribution in [0.25, 0.3) is 0 Å². The van der Waals surface area contributed by atoms with Crippen molar-refractivity contribution in [1.82, 2.24) is 0 Å². The molecule has 0 saturated heterocycles. The van der Waals surface area contributed by atoms with Gasteiger partial charge < -0.3 is 19.5 Å². The highest BCUT2D eigenvalue weighted by molar-refractivity contribution is 7.18. The summed E-state index contributed by atoms with van der Waals surface area (Å²) in [6, 6.07) is 0. The first-order chi connectivity index (χ1) is 12.3. The molecule has 1 aromatic rings. The lowest BCUT2D eigenvalue weighted by molar-refractivity contribution is -0.142. The number of amides is 1. The molecule has 0 saturated carbocycles. The molecule has 8 nitrogen and oxygen atoms in total. The predicted octanol–water partition coefficient (Wildman–Crippen LogP) is 2.47. The Bertz CT molecular complexity index is 721. The van der Waals surface area contributed by atoms with E-state index in [1.54, 1.807) is 27.7 Å². The number of thiophene rings is 1. The Morgan fingerprint density at radius 2 is 1.65 bits per heavy atom. The second-order valence-corrected chi connectivity index (χ2v) is 5.88. The highest BCUT2D eigenvalue weighted by Gasteiger charge is 2.27. The third-order valence-electron chi connectivity index (χ3n) is 2.99. The van der Waals surface area contributed by atoms with Gasteiger partial charge in [0.1, 0.15) is 9.88 Å². The number of ether oxygens (including phenoxy) is 3. The van der Waals surface area contributed by atoms with Crippen molar-refractivity contribution in [3.05, 3.63) is 28.2 Å². The number of nitrogens with one attached hydrogen (secondary N) is 1. The van der Waals surface area contributed by atoms with Gasteiger partial charge in [-0.1, -0.05) is 6.08 Å². The number of hydrogen-bond acceptors (Lipinski definition) is 8. The molecular formula is C17H21NO7S. The highest BCUT2D eigenvalue weighted by Crippen LogP contribution is 2.34. The van der Waals surface area contributed by atoms with E-state index < -0.39 is 30.4 Å². The standard InChI is InChI=1S/C17H21NO7S/c1-5-8-12(20)25-9-11(19)18-15-13(16(21)23-6-2)10(4)14(26-15)17(22)24-7-3/h5,8H,6-7,9H2,1-4H3,(H,18,19). The molecule has 26 heavy (non-hydrogen) atoms. The van der Waals surface area contributed by atoms with Crippen LogP contribution in [0.5, 0.6) is 0 Å². The number of carbonyl (C=O) groups excluding carboxylic acids is 4. The van der Waals surface area contributed by atoms with E-state index in [1.165, 1.54) is 12.2 Å². The molecule has 1 aromatic heterocycles. The Balaban J connectivity index is 3.05. The first kappa shape index (κ1) is 21.4. The second-order valence-electron chi connectivity index (χ2n) is 4.86. The van der Waals surface area contributed by atoms with E-state index in [2.05, 4.69) is 5.32 Å². The molecule has 1 amide bonds. The third-order valence-corrected chi connectivity index (χ3v) is 4.18. The zero-order valence-electron chi connectivity index (χ0n) is 15.0. The minimum atomic E-state index is -0.669. The molecule has 142 valence electrons. The summed E-state index contributed by atoms with van der Waals surface area (Å²) in [5.74, 6) is -2.58. The predicted molar refractivity (Wildman–Crippen MR) is 95.4 cm³/mol. The van der Waals surface area contributed by atoms with Gasteiger partial charge in [-0.05, 0) is 33.3 Å². The number of carbonyl (C=O) groups is 4. The first-order valence-corrected chi connectivity index (χ1v) is 8.74. The molecule has 0 bridgehead atoms. The van der Waals surface area contributed by atoms with E-state index in [-0.39, 0.29) is 28.7 Å². The van der Waals surface area contributed by atoms with Crippen molar-refractivity contribution < 1.29 is 33.4 Å². The summed E-state index contributed by atoms with van der Waals surface area (Å²) in [6.07, 6.45) is 2.65. The molecule has 0 aliphatic rings. The number of allylic oxidation sites excluding steroid dienone is 1. The van der Waals surface area contributed by atoms with E-state index >= 15 is 0 Å².